The summed E-state index contributed by atoms with van der Waals surface area (Å²) in [6, 6.07) is -1.17. The maximum atomic E-state index is 13.0. The molecule has 0 saturated heterocycles. The summed E-state index contributed by atoms with van der Waals surface area (Å²) >= 11 is 5.52. The smallest absolute Gasteiger partial charge is 0.283 e. The van der Waals surface area contributed by atoms with Crippen molar-refractivity contribution in [3.63, 3.8) is 0 Å². The summed E-state index contributed by atoms with van der Waals surface area (Å²) in [6.07, 6.45) is -6.21. The highest BCUT2D eigenvalue weighted by atomic mass is 35.5. The molecule has 4 nitrogen and oxygen atoms in total. The van der Waals surface area contributed by atoms with E-state index in [1.54, 1.807) is 0 Å². The molecule has 9 heteroatoms. The predicted octanol–water partition coefficient (Wildman–Crippen LogP) is 3.74. The Morgan fingerprint density at radius 1 is 1.24 bits per heavy atom. The Morgan fingerprint density at radius 2 is 1.81 bits per heavy atom. The summed E-state index contributed by atoms with van der Waals surface area (Å²) < 4.78 is 51.9. The number of hydrogen-bond acceptors (Lipinski definition) is 2. The van der Waals surface area contributed by atoms with Gasteiger partial charge in [0.05, 0.1) is 5.02 Å². The number of halogens is 5. The Morgan fingerprint density at radius 3 is 2.24 bits per heavy atom. The molecular weight excluding hydrogens is 314 g/mol. The second-order valence-corrected chi connectivity index (χ2v) is 5.32. The van der Waals surface area contributed by atoms with Gasteiger partial charge in [0.15, 0.2) is 0 Å². The molecule has 120 valence electrons. The van der Waals surface area contributed by atoms with Crippen molar-refractivity contribution in [3.05, 3.63) is 16.4 Å². The third-order valence-corrected chi connectivity index (χ3v) is 3.14. The van der Waals surface area contributed by atoms with Crippen molar-refractivity contribution < 1.29 is 22.4 Å². The average Bonchev–Trinajstić information content (AvgIpc) is 2.72. The molecule has 0 aliphatic heterocycles. The molecule has 0 aliphatic carbocycles. The first-order valence-corrected chi connectivity index (χ1v) is 6.66. The van der Waals surface area contributed by atoms with Crippen LogP contribution in [0.4, 0.5) is 17.6 Å². The standard InChI is InChI=1S/C12H16ClF4N3O/c1-5(2)4-18-12(21)6(3)20-9(11(16)17)7(13)8(19-20)10(14)15/h5-6,10-11H,4H2,1-3H3,(H,18,21). The van der Waals surface area contributed by atoms with Gasteiger partial charge in [0, 0.05) is 6.54 Å². The van der Waals surface area contributed by atoms with Gasteiger partial charge in [0.2, 0.25) is 5.91 Å². The van der Waals surface area contributed by atoms with E-state index in [2.05, 4.69) is 10.4 Å². The molecule has 1 atom stereocenters. The quantitative estimate of drug-likeness (QED) is 0.808. The summed E-state index contributed by atoms with van der Waals surface area (Å²) in [5.41, 5.74) is -1.82. The first kappa shape index (κ1) is 17.7. The van der Waals surface area contributed by atoms with Gasteiger partial charge >= 0.3 is 0 Å². The lowest BCUT2D eigenvalue weighted by molar-refractivity contribution is -0.124. The molecule has 1 unspecified atom stereocenters. The van der Waals surface area contributed by atoms with Gasteiger partial charge in [0.25, 0.3) is 12.9 Å². The highest BCUT2D eigenvalue weighted by Crippen LogP contribution is 2.36. The number of aromatic nitrogens is 2. The van der Waals surface area contributed by atoms with Crippen LogP contribution >= 0.6 is 11.6 Å². The number of amides is 1. The van der Waals surface area contributed by atoms with E-state index in [9.17, 15) is 22.4 Å². The molecule has 0 aromatic carbocycles. The lowest BCUT2D eigenvalue weighted by Crippen LogP contribution is -2.34. The van der Waals surface area contributed by atoms with Crippen LogP contribution in [0.15, 0.2) is 0 Å². The van der Waals surface area contributed by atoms with E-state index in [1.165, 1.54) is 6.92 Å². The van der Waals surface area contributed by atoms with Crippen LogP contribution in [0.25, 0.3) is 0 Å². The Hall–Kier alpha value is -1.31. The Bertz CT molecular complexity index is 505. The number of carbonyl (C=O) groups excluding carboxylic acids is 1. The monoisotopic (exact) mass is 329 g/mol. The molecule has 0 fully saturated rings. The van der Waals surface area contributed by atoms with Gasteiger partial charge in [-0.1, -0.05) is 25.4 Å². The van der Waals surface area contributed by atoms with E-state index >= 15 is 0 Å². The zero-order valence-corrected chi connectivity index (χ0v) is 12.5. The van der Waals surface area contributed by atoms with Crippen LogP contribution in [0, 0.1) is 5.92 Å². The van der Waals surface area contributed by atoms with Gasteiger partial charge in [-0.2, -0.15) is 5.10 Å². The van der Waals surface area contributed by atoms with Crippen molar-refractivity contribution in [2.75, 3.05) is 6.54 Å². The van der Waals surface area contributed by atoms with Gasteiger partial charge in [-0.25, -0.2) is 22.2 Å². The van der Waals surface area contributed by atoms with Crippen LogP contribution in [-0.2, 0) is 4.79 Å². The first-order chi connectivity index (χ1) is 9.66. The minimum atomic E-state index is -3.11. The van der Waals surface area contributed by atoms with Gasteiger partial charge in [0.1, 0.15) is 17.4 Å². The lowest BCUT2D eigenvalue weighted by atomic mass is 10.2. The van der Waals surface area contributed by atoms with Gasteiger partial charge < -0.3 is 5.32 Å². The maximum absolute atomic E-state index is 13.0. The Balaban J connectivity index is 3.10. The Kier molecular flexibility index (Phi) is 6.00. The van der Waals surface area contributed by atoms with Crippen LogP contribution < -0.4 is 5.32 Å². The second-order valence-electron chi connectivity index (χ2n) is 4.95. The summed E-state index contributed by atoms with van der Waals surface area (Å²) in [5.74, 6) is -0.431. The highest BCUT2D eigenvalue weighted by molar-refractivity contribution is 6.32. The van der Waals surface area contributed by atoms with E-state index in [-0.39, 0.29) is 5.92 Å². The van der Waals surface area contributed by atoms with E-state index in [0.29, 0.717) is 11.2 Å². The molecule has 0 spiro atoms. The summed E-state index contributed by atoms with van der Waals surface area (Å²) in [4.78, 5) is 11.9. The number of alkyl halides is 4. The van der Waals surface area contributed by atoms with Crippen LogP contribution in [0.1, 0.15) is 51.1 Å². The summed E-state index contributed by atoms with van der Waals surface area (Å²) in [5, 5.41) is 5.10. The molecule has 0 bridgehead atoms. The van der Waals surface area contributed by atoms with Crippen molar-refractivity contribution in [2.24, 2.45) is 5.92 Å². The zero-order chi connectivity index (χ0) is 16.3. The molecule has 1 rings (SSSR count). The number of nitrogens with one attached hydrogen (secondary N) is 1. The Labute approximate surface area is 124 Å². The molecular formula is C12H16ClF4N3O. The molecule has 1 aromatic rings. The summed E-state index contributed by atoms with van der Waals surface area (Å²) in [6.45, 7) is 5.34. The molecule has 0 aliphatic rings. The average molecular weight is 330 g/mol. The number of rotatable bonds is 6. The fourth-order valence-electron chi connectivity index (χ4n) is 1.64. The maximum Gasteiger partial charge on any atom is 0.283 e. The van der Waals surface area contributed by atoms with E-state index in [1.807, 2.05) is 13.8 Å². The zero-order valence-electron chi connectivity index (χ0n) is 11.7. The highest BCUT2D eigenvalue weighted by Gasteiger charge is 2.31. The van der Waals surface area contributed by atoms with E-state index in [0.717, 1.165) is 0 Å². The largest absolute Gasteiger partial charge is 0.354 e. The minimum absolute atomic E-state index is 0.161. The molecule has 1 aromatic heterocycles. The normalized spacial score (nSPS) is 13.3. The van der Waals surface area contributed by atoms with Crippen LogP contribution in [0.5, 0.6) is 0 Å². The van der Waals surface area contributed by atoms with E-state index in [4.69, 9.17) is 11.6 Å². The van der Waals surface area contributed by atoms with Crippen molar-refractivity contribution in [2.45, 2.75) is 39.7 Å². The van der Waals surface area contributed by atoms with Crippen molar-refractivity contribution >= 4 is 17.5 Å². The van der Waals surface area contributed by atoms with Crippen molar-refractivity contribution in [1.82, 2.24) is 15.1 Å². The minimum Gasteiger partial charge on any atom is -0.354 e. The van der Waals surface area contributed by atoms with Crippen molar-refractivity contribution in [3.8, 4) is 0 Å². The fourth-order valence-corrected chi connectivity index (χ4v) is 1.93. The molecule has 1 heterocycles. The molecule has 0 radical (unpaired) electrons. The molecule has 21 heavy (non-hydrogen) atoms. The number of carbonyl (C=O) groups is 1. The van der Waals surface area contributed by atoms with Gasteiger partial charge in [-0.05, 0) is 12.8 Å². The topological polar surface area (TPSA) is 46.9 Å². The molecule has 1 amide bonds. The van der Waals surface area contributed by atoms with Crippen LogP contribution in [-0.4, -0.2) is 22.2 Å². The van der Waals surface area contributed by atoms with Crippen LogP contribution in [0.3, 0.4) is 0 Å². The SMILES string of the molecule is CC(C)CNC(=O)C(C)n1nc(C(F)F)c(Cl)c1C(F)F. The third kappa shape index (κ3) is 4.09. The number of hydrogen-bond donors (Lipinski definition) is 1. The predicted molar refractivity (Wildman–Crippen MR) is 69.7 cm³/mol. The van der Waals surface area contributed by atoms with Crippen LogP contribution in [0.2, 0.25) is 5.02 Å². The van der Waals surface area contributed by atoms with Gasteiger partial charge in [-0.15, -0.1) is 0 Å². The molecule has 0 saturated carbocycles. The second kappa shape index (κ2) is 7.11. The fraction of sp³-hybridized carbons (Fsp3) is 0.667. The van der Waals surface area contributed by atoms with Gasteiger partial charge in [-0.3, -0.25) is 4.79 Å². The lowest BCUT2D eigenvalue weighted by Gasteiger charge is -2.16. The molecule has 1 N–H and O–H groups in total. The number of nitrogens with zero attached hydrogens (tertiary/aromatic N) is 2. The summed E-state index contributed by atoms with van der Waals surface area (Å²) in [7, 11) is 0. The first-order valence-electron chi connectivity index (χ1n) is 6.28. The third-order valence-electron chi connectivity index (χ3n) is 2.76. The van der Waals surface area contributed by atoms with E-state index < -0.39 is 41.2 Å². The van der Waals surface area contributed by atoms with Crippen molar-refractivity contribution in [1.29, 1.82) is 0 Å².